The molecule has 0 spiro atoms. The fourth-order valence-corrected chi connectivity index (χ4v) is 10.1. The third-order valence-electron chi connectivity index (χ3n) is 13.5. The van der Waals surface area contributed by atoms with Crippen molar-refractivity contribution in [3.05, 3.63) is 229 Å². The highest BCUT2D eigenvalue weighted by Crippen LogP contribution is 2.37. The third-order valence-corrected chi connectivity index (χ3v) is 13.5. The smallest absolute Gasteiger partial charge is 0.0366 e. The van der Waals surface area contributed by atoms with Crippen molar-refractivity contribution in [2.45, 2.75) is 37.8 Å². The number of fused-ring (bicyclic) bond motifs is 2. The van der Waals surface area contributed by atoms with Gasteiger partial charge in [-0.15, -0.1) is 24.8 Å². The lowest BCUT2D eigenvalue weighted by molar-refractivity contribution is 0.441. The minimum absolute atomic E-state index is 0. The summed E-state index contributed by atoms with van der Waals surface area (Å²) in [5.74, 6) is 2.21. The van der Waals surface area contributed by atoms with Crippen LogP contribution in [0.1, 0.15) is 60.0 Å². The molecule has 328 valence electrons. The second-order valence-electron chi connectivity index (χ2n) is 17.4. The Morgan fingerprint density at radius 1 is 0.391 bits per heavy atom. The van der Waals surface area contributed by atoms with E-state index in [-0.39, 0.29) is 24.8 Å². The Balaban J connectivity index is 0.000000186. The number of anilines is 2. The Bertz CT molecular complexity index is 2430. The molecule has 6 atom stereocenters. The summed E-state index contributed by atoms with van der Waals surface area (Å²) in [4.78, 5) is 5.10. The van der Waals surface area contributed by atoms with Crippen LogP contribution in [0, 0.1) is 11.8 Å². The fraction of sp³-hybridized carbons (Fsp3) is 0.241. The van der Waals surface area contributed by atoms with Crippen LogP contribution in [0.25, 0.3) is 21.5 Å². The predicted octanol–water partition coefficient (Wildman–Crippen LogP) is 13.7. The van der Waals surface area contributed by atoms with Gasteiger partial charge in [-0.3, -0.25) is 0 Å². The normalized spacial score (nSPS) is 19.0. The summed E-state index contributed by atoms with van der Waals surface area (Å²) < 4.78 is 0. The molecule has 0 bridgehead atoms. The van der Waals surface area contributed by atoms with Crippen LogP contribution >= 0.6 is 24.8 Å². The van der Waals surface area contributed by atoms with Gasteiger partial charge in [-0.2, -0.15) is 0 Å². The van der Waals surface area contributed by atoms with E-state index in [1.165, 1.54) is 55.2 Å². The third kappa shape index (κ3) is 10.8. The van der Waals surface area contributed by atoms with E-state index in [4.69, 9.17) is 0 Å². The summed E-state index contributed by atoms with van der Waals surface area (Å²) in [5, 5.41) is 13.1. The Labute approximate surface area is 393 Å². The average molecular weight is 886 g/mol. The highest BCUT2D eigenvalue weighted by Gasteiger charge is 2.35. The highest BCUT2D eigenvalue weighted by molar-refractivity contribution is 5.87. The summed E-state index contributed by atoms with van der Waals surface area (Å²) in [6.45, 7) is 10.9. The van der Waals surface area contributed by atoms with Gasteiger partial charge in [-0.05, 0) is 93.7 Å². The van der Waals surface area contributed by atoms with Crippen LogP contribution in [0.3, 0.4) is 0 Å². The van der Waals surface area contributed by atoms with Crippen LogP contribution in [-0.2, 0) is 0 Å². The van der Waals surface area contributed by atoms with E-state index >= 15 is 0 Å². The van der Waals surface area contributed by atoms with Crippen molar-refractivity contribution in [1.29, 1.82) is 0 Å². The van der Waals surface area contributed by atoms with Crippen LogP contribution in [0.2, 0.25) is 0 Å². The van der Waals surface area contributed by atoms with E-state index < -0.39 is 0 Å². The molecule has 6 heteroatoms. The van der Waals surface area contributed by atoms with E-state index in [0.717, 1.165) is 39.3 Å². The van der Waals surface area contributed by atoms with Gasteiger partial charge in [0.25, 0.3) is 0 Å². The zero-order chi connectivity index (χ0) is 42.1. The van der Waals surface area contributed by atoms with E-state index in [0.29, 0.717) is 35.8 Å². The zero-order valence-corrected chi connectivity index (χ0v) is 38.7. The van der Waals surface area contributed by atoms with Crippen molar-refractivity contribution in [2.24, 2.45) is 11.8 Å². The zero-order valence-electron chi connectivity index (χ0n) is 37.0. The maximum Gasteiger partial charge on any atom is 0.0366 e. The lowest BCUT2D eigenvalue weighted by Gasteiger charge is -2.23. The van der Waals surface area contributed by atoms with Crippen molar-refractivity contribution in [2.75, 3.05) is 49.1 Å². The molecular weight excluding hydrogens is 824 g/mol. The Morgan fingerprint density at radius 2 is 0.719 bits per heavy atom. The highest BCUT2D eigenvalue weighted by atomic mass is 35.5. The Hall–Kier alpha value is -5.62. The standard InChI is InChI=1S/2C29H30N2.2ClH/c2*1-22(27-18-10-14-23-13-8-9-17-28(23)27)30-19-25-20-31(26-15-6-3-7-16-26)21-29(25)24-11-4-2-5-12-24;;/h2*2-18,22,25,29-30H,19-21H2,1H3;2*1H/t2*22-,25?,29?;;/m11../s1. The molecule has 0 aromatic heterocycles. The summed E-state index contributed by atoms with van der Waals surface area (Å²) in [6, 6.07) is 75.1. The van der Waals surface area contributed by atoms with Crippen molar-refractivity contribution in [3.63, 3.8) is 0 Å². The van der Waals surface area contributed by atoms with E-state index in [2.05, 4.69) is 241 Å². The summed E-state index contributed by atoms with van der Waals surface area (Å²) in [5.41, 5.74) is 8.32. The molecule has 8 aromatic carbocycles. The number of halogens is 2. The molecule has 0 radical (unpaired) electrons. The number of nitrogens with zero attached hydrogens (tertiary/aromatic N) is 2. The second kappa shape index (κ2) is 22.3. The van der Waals surface area contributed by atoms with Gasteiger partial charge in [0, 0.05) is 74.6 Å². The molecule has 2 saturated heterocycles. The van der Waals surface area contributed by atoms with Gasteiger partial charge < -0.3 is 20.4 Å². The average Bonchev–Trinajstić information content (AvgIpc) is 3.99. The number of para-hydroxylation sites is 2. The summed E-state index contributed by atoms with van der Waals surface area (Å²) in [6.07, 6.45) is 0. The van der Waals surface area contributed by atoms with E-state index in [9.17, 15) is 0 Å². The molecule has 0 saturated carbocycles. The number of hydrogen-bond donors (Lipinski definition) is 2. The van der Waals surface area contributed by atoms with Crippen molar-refractivity contribution in [1.82, 2.24) is 10.6 Å². The van der Waals surface area contributed by atoms with Gasteiger partial charge in [0.15, 0.2) is 0 Å². The van der Waals surface area contributed by atoms with Gasteiger partial charge in [-0.1, -0.05) is 182 Å². The van der Waals surface area contributed by atoms with Gasteiger partial charge in [0.1, 0.15) is 0 Å². The van der Waals surface area contributed by atoms with E-state index in [1.807, 2.05) is 0 Å². The first-order valence-electron chi connectivity index (χ1n) is 22.7. The SMILES string of the molecule is C[C@@H](NCC1CN(c2ccccc2)CC1c1ccccc1)c1cccc2ccccc12.C[C@@H](NCC1CN(c2ccccc2)CC1c1ccccc1)c1cccc2ccccc12.Cl.Cl. The first kappa shape index (κ1) is 46.4. The van der Waals surface area contributed by atoms with Crippen LogP contribution in [-0.4, -0.2) is 39.3 Å². The van der Waals surface area contributed by atoms with Gasteiger partial charge in [0.05, 0.1) is 0 Å². The molecule has 2 N–H and O–H groups in total. The minimum atomic E-state index is 0. The molecule has 2 heterocycles. The lowest BCUT2D eigenvalue weighted by atomic mass is 9.88. The maximum atomic E-state index is 3.88. The fourth-order valence-electron chi connectivity index (χ4n) is 10.1. The molecule has 4 unspecified atom stereocenters. The predicted molar refractivity (Wildman–Crippen MR) is 278 cm³/mol. The minimum Gasteiger partial charge on any atom is -0.371 e. The van der Waals surface area contributed by atoms with Crippen molar-refractivity contribution < 1.29 is 0 Å². The molecular formula is C58H62Cl2N4. The molecule has 0 amide bonds. The van der Waals surface area contributed by atoms with Crippen LogP contribution in [0.4, 0.5) is 11.4 Å². The summed E-state index contributed by atoms with van der Waals surface area (Å²) in [7, 11) is 0. The lowest BCUT2D eigenvalue weighted by Crippen LogP contribution is -2.30. The van der Waals surface area contributed by atoms with Gasteiger partial charge in [0.2, 0.25) is 0 Å². The summed E-state index contributed by atoms with van der Waals surface area (Å²) >= 11 is 0. The number of hydrogen-bond acceptors (Lipinski definition) is 4. The molecule has 2 aliphatic heterocycles. The number of benzene rings is 8. The van der Waals surface area contributed by atoms with Crippen LogP contribution in [0.5, 0.6) is 0 Å². The van der Waals surface area contributed by atoms with Crippen molar-refractivity contribution >= 4 is 57.7 Å². The number of nitrogens with one attached hydrogen (secondary N) is 2. The number of rotatable bonds is 12. The molecule has 8 aromatic rings. The van der Waals surface area contributed by atoms with Gasteiger partial charge in [-0.25, -0.2) is 0 Å². The molecule has 0 aliphatic carbocycles. The Kier molecular flexibility index (Phi) is 16.2. The molecule has 10 rings (SSSR count). The van der Waals surface area contributed by atoms with Gasteiger partial charge >= 0.3 is 0 Å². The molecule has 2 fully saturated rings. The quantitative estimate of drug-likeness (QED) is 0.128. The van der Waals surface area contributed by atoms with Crippen LogP contribution < -0.4 is 20.4 Å². The van der Waals surface area contributed by atoms with Crippen molar-refractivity contribution in [3.8, 4) is 0 Å². The first-order chi connectivity index (χ1) is 30.6. The first-order valence-corrected chi connectivity index (χ1v) is 22.7. The Morgan fingerprint density at radius 3 is 1.11 bits per heavy atom. The topological polar surface area (TPSA) is 30.5 Å². The molecule has 2 aliphatic rings. The van der Waals surface area contributed by atoms with E-state index in [1.54, 1.807) is 0 Å². The molecule has 64 heavy (non-hydrogen) atoms. The molecule has 4 nitrogen and oxygen atoms in total. The van der Waals surface area contributed by atoms with Crippen LogP contribution in [0.15, 0.2) is 206 Å². The second-order valence-corrected chi connectivity index (χ2v) is 17.4. The largest absolute Gasteiger partial charge is 0.371 e. The monoisotopic (exact) mass is 884 g/mol. The maximum absolute atomic E-state index is 3.88.